The minimum atomic E-state index is -0.275. The van der Waals surface area contributed by atoms with Crippen molar-refractivity contribution in [2.45, 2.75) is 45.6 Å². The van der Waals surface area contributed by atoms with Crippen LogP contribution in [0.5, 0.6) is 11.5 Å². The molecule has 1 saturated carbocycles. The topological polar surface area (TPSA) is 76.7 Å². The van der Waals surface area contributed by atoms with Crippen molar-refractivity contribution in [1.82, 2.24) is 5.32 Å². The number of hydrogen-bond donors (Lipinski definition) is 2. The Morgan fingerprint density at radius 1 is 1.16 bits per heavy atom. The molecule has 0 spiro atoms. The van der Waals surface area contributed by atoms with E-state index in [9.17, 15) is 9.59 Å². The summed E-state index contributed by atoms with van der Waals surface area (Å²) in [4.78, 5) is 25.0. The monoisotopic (exact) mass is 444 g/mol. The summed E-state index contributed by atoms with van der Waals surface area (Å²) >= 11 is 6.31. The highest BCUT2D eigenvalue weighted by molar-refractivity contribution is 6.32. The quantitative estimate of drug-likeness (QED) is 0.557. The maximum atomic E-state index is 12.7. The molecule has 0 atom stereocenters. The number of carbonyl (C=O) groups is 2. The van der Waals surface area contributed by atoms with Crippen molar-refractivity contribution in [3.63, 3.8) is 0 Å². The van der Waals surface area contributed by atoms with E-state index < -0.39 is 0 Å². The zero-order valence-electron chi connectivity index (χ0n) is 18.0. The van der Waals surface area contributed by atoms with Crippen LogP contribution < -0.4 is 20.1 Å². The number of hydrogen-bond acceptors (Lipinski definition) is 4. The first-order valence-electron chi connectivity index (χ1n) is 10.7. The fraction of sp³-hybridized carbons (Fsp3) is 0.417. The second-order valence-electron chi connectivity index (χ2n) is 7.69. The lowest BCUT2D eigenvalue weighted by molar-refractivity contribution is -0.119. The van der Waals surface area contributed by atoms with Crippen LogP contribution in [0.4, 0.5) is 5.69 Å². The van der Waals surface area contributed by atoms with Gasteiger partial charge >= 0.3 is 0 Å². The maximum Gasteiger partial charge on any atom is 0.251 e. The van der Waals surface area contributed by atoms with Gasteiger partial charge in [-0.2, -0.15) is 0 Å². The molecule has 0 radical (unpaired) electrons. The minimum absolute atomic E-state index is 0.0748. The number of nitrogens with one attached hydrogen (secondary N) is 2. The summed E-state index contributed by atoms with van der Waals surface area (Å²) in [5.41, 5.74) is 2.01. The van der Waals surface area contributed by atoms with Gasteiger partial charge in [0.2, 0.25) is 5.91 Å². The number of carbonyl (C=O) groups excluding carboxylic acids is 2. The number of methoxy groups -OCH3 is 1. The molecule has 1 aliphatic rings. The smallest absolute Gasteiger partial charge is 0.251 e. The highest BCUT2D eigenvalue weighted by Crippen LogP contribution is 2.36. The van der Waals surface area contributed by atoms with E-state index in [4.69, 9.17) is 21.1 Å². The summed E-state index contributed by atoms with van der Waals surface area (Å²) in [6.45, 7) is 2.83. The maximum absolute atomic E-state index is 12.7. The van der Waals surface area contributed by atoms with E-state index in [1.807, 2.05) is 31.2 Å². The van der Waals surface area contributed by atoms with E-state index >= 15 is 0 Å². The molecule has 1 fully saturated rings. The van der Waals surface area contributed by atoms with Crippen molar-refractivity contribution in [2.24, 2.45) is 5.92 Å². The number of amides is 2. The third kappa shape index (κ3) is 6.14. The van der Waals surface area contributed by atoms with E-state index in [1.165, 1.54) is 7.11 Å². The molecule has 0 bridgehead atoms. The van der Waals surface area contributed by atoms with Crippen molar-refractivity contribution < 1.29 is 19.1 Å². The molecule has 0 heterocycles. The van der Waals surface area contributed by atoms with Crippen molar-refractivity contribution in [3.8, 4) is 11.5 Å². The number of benzene rings is 2. The molecule has 6 nitrogen and oxygen atoms in total. The van der Waals surface area contributed by atoms with Crippen LogP contribution in [0.25, 0.3) is 0 Å². The summed E-state index contributed by atoms with van der Waals surface area (Å²) in [6, 6.07) is 10.7. The molecule has 3 rings (SSSR count). The zero-order chi connectivity index (χ0) is 22.2. The Morgan fingerprint density at radius 3 is 2.65 bits per heavy atom. The predicted octanol–water partition coefficient (Wildman–Crippen LogP) is 5.20. The van der Waals surface area contributed by atoms with Crippen LogP contribution in [0, 0.1) is 5.92 Å². The van der Waals surface area contributed by atoms with E-state index in [1.54, 1.807) is 12.1 Å². The van der Waals surface area contributed by atoms with Crippen molar-refractivity contribution in [3.05, 3.63) is 52.5 Å². The van der Waals surface area contributed by atoms with Gasteiger partial charge in [-0.25, -0.2) is 0 Å². The van der Waals surface area contributed by atoms with Crippen molar-refractivity contribution in [2.75, 3.05) is 19.0 Å². The summed E-state index contributed by atoms with van der Waals surface area (Å²) in [5.74, 6) is 0.761. The van der Waals surface area contributed by atoms with Gasteiger partial charge in [0.15, 0.2) is 11.5 Å². The van der Waals surface area contributed by atoms with Crippen LogP contribution in [0.15, 0.2) is 36.4 Å². The van der Waals surface area contributed by atoms with Crippen molar-refractivity contribution >= 4 is 29.1 Å². The first kappa shape index (κ1) is 22.9. The molecular weight excluding hydrogens is 416 g/mol. The van der Waals surface area contributed by atoms with Crippen LogP contribution in [0.2, 0.25) is 5.02 Å². The third-order valence-electron chi connectivity index (χ3n) is 5.32. The first-order valence-corrected chi connectivity index (χ1v) is 11.1. The molecule has 0 aliphatic heterocycles. The van der Waals surface area contributed by atoms with Crippen LogP contribution in [0.3, 0.4) is 0 Å². The fourth-order valence-corrected chi connectivity index (χ4v) is 3.94. The normalized spacial score (nSPS) is 13.6. The van der Waals surface area contributed by atoms with Gasteiger partial charge < -0.3 is 20.1 Å². The molecule has 2 aromatic rings. The van der Waals surface area contributed by atoms with E-state index in [0.717, 1.165) is 43.4 Å². The SMILES string of the molecule is CCCOc1c(Cl)cc(C(=O)NCc2cccc(NC(=O)C3CCCC3)c2)cc1OC. The van der Waals surface area contributed by atoms with Crippen LogP contribution in [0.1, 0.15) is 54.9 Å². The second-order valence-corrected chi connectivity index (χ2v) is 8.10. The van der Waals surface area contributed by atoms with Crippen LogP contribution in [-0.4, -0.2) is 25.5 Å². The Labute approximate surface area is 188 Å². The van der Waals surface area contributed by atoms with E-state index in [2.05, 4.69) is 10.6 Å². The minimum Gasteiger partial charge on any atom is -0.493 e. The van der Waals surface area contributed by atoms with Crippen LogP contribution >= 0.6 is 11.6 Å². The summed E-state index contributed by atoms with van der Waals surface area (Å²) in [7, 11) is 1.51. The summed E-state index contributed by atoms with van der Waals surface area (Å²) < 4.78 is 11.0. The lowest BCUT2D eigenvalue weighted by Crippen LogP contribution is -2.23. The van der Waals surface area contributed by atoms with Gasteiger partial charge in [-0.05, 0) is 49.1 Å². The molecular formula is C24H29ClN2O4. The molecule has 31 heavy (non-hydrogen) atoms. The highest BCUT2D eigenvalue weighted by atomic mass is 35.5. The lowest BCUT2D eigenvalue weighted by Gasteiger charge is -2.14. The second kappa shape index (κ2) is 11.0. The van der Waals surface area contributed by atoms with Gasteiger partial charge in [0.1, 0.15) is 0 Å². The molecule has 0 saturated heterocycles. The standard InChI is InChI=1S/C24H29ClN2O4/c1-3-11-31-22-20(25)13-18(14-21(22)30-2)23(28)26-15-16-7-6-10-19(12-16)27-24(29)17-8-4-5-9-17/h6-7,10,12-14,17H,3-5,8-9,11,15H2,1-2H3,(H,26,28)(H,27,29). The average Bonchev–Trinajstić information content (AvgIpc) is 3.31. The molecule has 1 aliphatic carbocycles. The number of ether oxygens (including phenoxy) is 2. The molecule has 2 aromatic carbocycles. The summed E-state index contributed by atoms with van der Waals surface area (Å²) in [6.07, 6.45) is 4.98. The van der Waals surface area contributed by atoms with E-state index in [-0.39, 0.29) is 17.7 Å². The van der Waals surface area contributed by atoms with Gasteiger partial charge in [-0.15, -0.1) is 0 Å². The molecule has 7 heteroatoms. The van der Waals surface area contributed by atoms with Gasteiger partial charge in [0.25, 0.3) is 5.91 Å². The van der Waals surface area contributed by atoms with Gasteiger partial charge in [-0.1, -0.05) is 43.5 Å². The highest BCUT2D eigenvalue weighted by Gasteiger charge is 2.22. The van der Waals surface area contributed by atoms with E-state index in [0.29, 0.717) is 35.2 Å². The Kier molecular flexibility index (Phi) is 8.18. The molecule has 0 unspecified atom stereocenters. The number of halogens is 1. The summed E-state index contributed by atoms with van der Waals surface area (Å²) in [5, 5.41) is 6.20. The zero-order valence-corrected chi connectivity index (χ0v) is 18.8. The first-order chi connectivity index (χ1) is 15.0. The van der Waals surface area contributed by atoms with Gasteiger partial charge in [-0.3, -0.25) is 9.59 Å². The van der Waals surface area contributed by atoms with Crippen molar-refractivity contribution in [1.29, 1.82) is 0 Å². The largest absolute Gasteiger partial charge is 0.493 e. The fourth-order valence-electron chi connectivity index (χ4n) is 3.67. The Morgan fingerprint density at radius 2 is 1.94 bits per heavy atom. The van der Waals surface area contributed by atoms with Gasteiger partial charge in [0, 0.05) is 23.7 Å². The Balaban J connectivity index is 1.62. The predicted molar refractivity (Wildman–Crippen MR) is 122 cm³/mol. The number of rotatable bonds is 9. The average molecular weight is 445 g/mol. The van der Waals surface area contributed by atoms with Gasteiger partial charge in [0.05, 0.1) is 18.7 Å². The third-order valence-corrected chi connectivity index (χ3v) is 5.60. The molecule has 2 N–H and O–H groups in total. The Bertz CT molecular complexity index is 926. The Hall–Kier alpha value is -2.73. The molecule has 0 aromatic heterocycles. The molecule has 166 valence electrons. The number of anilines is 1. The lowest BCUT2D eigenvalue weighted by atomic mass is 10.1. The molecule has 2 amide bonds. The van der Waals surface area contributed by atoms with Crippen LogP contribution in [-0.2, 0) is 11.3 Å².